The van der Waals surface area contributed by atoms with E-state index in [1.807, 2.05) is 12.3 Å². The minimum atomic E-state index is -0.909. The lowest BCUT2D eigenvalue weighted by Crippen LogP contribution is -2.35. The van der Waals surface area contributed by atoms with Crippen molar-refractivity contribution in [2.24, 2.45) is 0 Å². The number of carboxylic acids is 1. The molecule has 1 unspecified atom stereocenters. The van der Waals surface area contributed by atoms with E-state index in [-0.39, 0.29) is 18.4 Å². The highest BCUT2D eigenvalue weighted by Gasteiger charge is 2.11. The van der Waals surface area contributed by atoms with Crippen LogP contribution in [0.2, 0.25) is 0 Å². The van der Waals surface area contributed by atoms with E-state index >= 15 is 0 Å². The van der Waals surface area contributed by atoms with Crippen molar-refractivity contribution in [2.45, 2.75) is 32.1 Å². The summed E-state index contributed by atoms with van der Waals surface area (Å²) in [5, 5.41) is 14.2. The van der Waals surface area contributed by atoms with Gasteiger partial charge in [0.05, 0.1) is 22.9 Å². The van der Waals surface area contributed by atoms with Crippen LogP contribution in [0.3, 0.4) is 0 Å². The first-order chi connectivity index (χ1) is 8.47. The Hall–Kier alpha value is -1.08. The largest absolute Gasteiger partial charge is 0.481 e. The SMILES string of the molecule is Cc1nc(CSCC(=O)NC(C)CC(=O)O)cs1. The number of aryl methyl sites for hydroxylation is 1. The molecule has 18 heavy (non-hydrogen) atoms. The number of amides is 1. The van der Waals surface area contributed by atoms with Gasteiger partial charge >= 0.3 is 5.97 Å². The number of thioether (sulfide) groups is 1. The van der Waals surface area contributed by atoms with Crippen molar-refractivity contribution in [1.29, 1.82) is 0 Å². The zero-order valence-corrected chi connectivity index (χ0v) is 11.9. The minimum absolute atomic E-state index is 0.0539. The van der Waals surface area contributed by atoms with E-state index in [1.165, 1.54) is 11.8 Å². The highest BCUT2D eigenvalue weighted by atomic mass is 32.2. The van der Waals surface area contributed by atoms with Gasteiger partial charge in [-0.1, -0.05) is 0 Å². The van der Waals surface area contributed by atoms with E-state index in [9.17, 15) is 9.59 Å². The van der Waals surface area contributed by atoms with Crippen LogP contribution in [0, 0.1) is 6.92 Å². The standard InChI is InChI=1S/C11H16N2O3S2/c1-7(3-11(15)16)12-10(14)6-17-4-9-5-18-8(2)13-9/h5,7H,3-4,6H2,1-2H3,(H,12,14)(H,15,16). The fourth-order valence-corrected chi connectivity index (χ4v) is 2.80. The number of carboxylic acid groups (broad SMARTS) is 1. The summed E-state index contributed by atoms with van der Waals surface area (Å²) >= 11 is 3.06. The van der Waals surface area contributed by atoms with Gasteiger partial charge in [-0.05, 0) is 13.8 Å². The lowest BCUT2D eigenvalue weighted by atomic mass is 10.2. The van der Waals surface area contributed by atoms with Crippen molar-refractivity contribution in [3.63, 3.8) is 0 Å². The fourth-order valence-electron chi connectivity index (χ4n) is 1.35. The molecule has 0 radical (unpaired) electrons. The van der Waals surface area contributed by atoms with Crippen LogP contribution in [0.5, 0.6) is 0 Å². The molecule has 2 N–H and O–H groups in total. The van der Waals surface area contributed by atoms with Crippen LogP contribution in [0.15, 0.2) is 5.38 Å². The third-order valence-corrected chi connectivity index (χ3v) is 3.83. The minimum Gasteiger partial charge on any atom is -0.481 e. The third-order valence-electron chi connectivity index (χ3n) is 2.04. The Labute approximate surface area is 114 Å². The molecule has 0 aliphatic carbocycles. The van der Waals surface area contributed by atoms with Crippen LogP contribution in [-0.2, 0) is 15.3 Å². The van der Waals surface area contributed by atoms with Crippen LogP contribution in [0.1, 0.15) is 24.0 Å². The molecule has 100 valence electrons. The molecule has 0 aliphatic rings. The number of carbonyl (C=O) groups excluding carboxylic acids is 1. The first-order valence-corrected chi connectivity index (χ1v) is 7.50. The van der Waals surface area contributed by atoms with Crippen LogP contribution >= 0.6 is 23.1 Å². The number of aliphatic carboxylic acids is 1. The normalized spacial score (nSPS) is 12.1. The molecule has 1 aromatic rings. The average molecular weight is 288 g/mol. The Balaban J connectivity index is 2.19. The number of carbonyl (C=O) groups is 2. The predicted molar refractivity (Wildman–Crippen MR) is 72.9 cm³/mol. The highest BCUT2D eigenvalue weighted by molar-refractivity contribution is 7.99. The summed E-state index contributed by atoms with van der Waals surface area (Å²) in [5.41, 5.74) is 0.980. The zero-order valence-electron chi connectivity index (χ0n) is 10.3. The predicted octanol–water partition coefficient (Wildman–Crippen LogP) is 1.66. The zero-order chi connectivity index (χ0) is 13.5. The monoisotopic (exact) mass is 288 g/mol. The Morgan fingerprint density at radius 2 is 2.33 bits per heavy atom. The molecule has 0 aliphatic heterocycles. The van der Waals surface area contributed by atoms with Gasteiger partial charge < -0.3 is 10.4 Å². The number of nitrogens with one attached hydrogen (secondary N) is 1. The van der Waals surface area contributed by atoms with Gasteiger partial charge in [0.15, 0.2) is 0 Å². The lowest BCUT2D eigenvalue weighted by molar-refractivity contribution is -0.137. The van der Waals surface area contributed by atoms with Crippen LogP contribution in [-0.4, -0.2) is 33.8 Å². The molecule has 1 heterocycles. The van der Waals surface area contributed by atoms with E-state index < -0.39 is 5.97 Å². The van der Waals surface area contributed by atoms with Crippen molar-refractivity contribution in [3.05, 3.63) is 16.1 Å². The lowest BCUT2D eigenvalue weighted by Gasteiger charge is -2.10. The maximum absolute atomic E-state index is 11.5. The van der Waals surface area contributed by atoms with Crippen molar-refractivity contribution < 1.29 is 14.7 Å². The summed E-state index contributed by atoms with van der Waals surface area (Å²) in [7, 11) is 0. The molecular formula is C11H16N2O3S2. The second-order valence-electron chi connectivity index (χ2n) is 3.92. The summed E-state index contributed by atoms with van der Waals surface area (Å²) in [4.78, 5) is 26.2. The number of hydrogen-bond acceptors (Lipinski definition) is 5. The number of rotatable bonds is 7. The number of hydrogen-bond donors (Lipinski definition) is 2. The molecule has 0 saturated heterocycles. The van der Waals surface area contributed by atoms with E-state index in [0.29, 0.717) is 11.5 Å². The molecule has 5 nitrogen and oxygen atoms in total. The maximum atomic E-state index is 11.5. The second kappa shape index (κ2) is 7.38. The number of nitrogens with zero attached hydrogens (tertiary/aromatic N) is 1. The van der Waals surface area contributed by atoms with Gasteiger partial charge in [0, 0.05) is 17.2 Å². The Morgan fingerprint density at radius 3 is 2.89 bits per heavy atom. The Morgan fingerprint density at radius 1 is 1.61 bits per heavy atom. The highest BCUT2D eigenvalue weighted by Crippen LogP contribution is 2.14. The fraction of sp³-hybridized carbons (Fsp3) is 0.545. The second-order valence-corrected chi connectivity index (χ2v) is 5.96. The van der Waals surface area contributed by atoms with Crippen LogP contribution in [0.25, 0.3) is 0 Å². The van der Waals surface area contributed by atoms with Gasteiger partial charge in [-0.25, -0.2) is 4.98 Å². The molecule has 0 fully saturated rings. The summed E-state index contributed by atoms with van der Waals surface area (Å²) in [6.45, 7) is 3.62. The molecule has 1 atom stereocenters. The summed E-state index contributed by atoms with van der Waals surface area (Å²) < 4.78 is 0. The van der Waals surface area contributed by atoms with Gasteiger partial charge in [-0.15, -0.1) is 23.1 Å². The van der Waals surface area contributed by atoms with Gasteiger partial charge in [0.1, 0.15) is 0 Å². The van der Waals surface area contributed by atoms with E-state index in [4.69, 9.17) is 5.11 Å². The Kier molecular flexibility index (Phi) is 6.14. The quantitative estimate of drug-likeness (QED) is 0.798. The Bertz CT molecular complexity index is 420. The van der Waals surface area contributed by atoms with Gasteiger partial charge in [0.2, 0.25) is 5.91 Å². The van der Waals surface area contributed by atoms with Gasteiger partial charge in [-0.2, -0.15) is 0 Å². The third kappa shape index (κ3) is 6.02. The van der Waals surface area contributed by atoms with E-state index in [1.54, 1.807) is 18.3 Å². The molecule has 0 saturated carbocycles. The summed E-state index contributed by atoms with van der Waals surface area (Å²) in [5.74, 6) is -0.0277. The van der Waals surface area contributed by atoms with Crippen molar-refractivity contribution >= 4 is 35.0 Å². The van der Waals surface area contributed by atoms with Crippen molar-refractivity contribution in [1.82, 2.24) is 10.3 Å². The van der Waals surface area contributed by atoms with Crippen molar-refractivity contribution in [2.75, 3.05) is 5.75 Å². The molecule has 1 rings (SSSR count). The van der Waals surface area contributed by atoms with Crippen molar-refractivity contribution in [3.8, 4) is 0 Å². The van der Waals surface area contributed by atoms with Gasteiger partial charge in [0.25, 0.3) is 0 Å². The van der Waals surface area contributed by atoms with Gasteiger partial charge in [-0.3, -0.25) is 9.59 Å². The molecule has 0 aromatic carbocycles. The smallest absolute Gasteiger partial charge is 0.305 e. The average Bonchev–Trinajstić information content (AvgIpc) is 2.62. The molecule has 0 spiro atoms. The van der Waals surface area contributed by atoms with E-state index in [2.05, 4.69) is 10.3 Å². The number of thiazole rings is 1. The molecule has 1 amide bonds. The summed E-state index contributed by atoms with van der Waals surface area (Å²) in [6, 6.07) is -0.336. The molecular weight excluding hydrogens is 272 g/mol. The molecule has 1 aromatic heterocycles. The summed E-state index contributed by atoms with van der Waals surface area (Å²) in [6.07, 6.45) is -0.0539. The van der Waals surface area contributed by atoms with Crippen LogP contribution in [0.4, 0.5) is 0 Å². The first-order valence-electron chi connectivity index (χ1n) is 5.47. The molecule has 0 bridgehead atoms. The molecule has 7 heteroatoms. The first kappa shape index (κ1) is 15.0. The number of aromatic nitrogens is 1. The maximum Gasteiger partial charge on any atom is 0.305 e. The topological polar surface area (TPSA) is 79.3 Å². The van der Waals surface area contributed by atoms with E-state index in [0.717, 1.165) is 10.7 Å². The van der Waals surface area contributed by atoms with Crippen LogP contribution < -0.4 is 5.32 Å².